The second-order valence-corrected chi connectivity index (χ2v) is 4.74. The van der Waals surface area contributed by atoms with E-state index in [-0.39, 0.29) is 0 Å². The Hall–Kier alpha value is -1.22. The zero-order valence-electron chi connectivity index (χ0n) is 12.5. The average Bonchev–Trinajstić information content (AvgIpc) is 2.46. The molecule has 108 valence electrons. The van der Waals surface area contributed by atoms with Crippen molar-refractivity contribution in [3.8, 4) is 11.5 Å². The van der Waals surface area contributed by atoms with E-state index in [2.05, 4.69) is 18.3 Å². The summed E-state index contributed by atoms with van der Waals surface area (Å²) < 4.78 is 10.6. The predicted octanol–water partition coefficient (Wildman–Crippen LogP) is 3.42. The van der Waals surface area contributed by atoms with Crippen LogP contribution in [0.2, 0.25) is 0 Å². The maximum atomic E-state index is 5.39. The van der Waals surface area contributed by atoms with Crippen molar-refractivity contribution >= 4 is 0 Å². The molecule has 0 aromatic heterocycles. The second-order valence-electron chi connectivity index (χ2n) is 4.74. The zero-order valence-corrected chi connectivity index (χ0v) is 12.5. The molecule has 0 unspecified atom stereocenters. The van der Waals surface area contributed by atoms with E-state index in [1.165, 1.54) is 31.2 Å². The molecule has 0 saturated carbocycles. The fraction of sp³-hybridized carbons (Fsp3) is 0.625. The van der Waals surface area contributed by atoms with Crippen LogP contribution in [0.3, 0.4) is 0 Å². The number of ether oxygens (including phenoxy) is 2. The highest BCUT2D eigenvalue weighted by molar-refractivity contribution is 5.40. The van der Waals surface area contributed by atoms with Crippen molar-refractivity contribution in [1.82, 2.24) is 5.32 Å². The van der Waals surface area contributed by atoms with Gasteiger partial charge in [0.25, 0.3) is 0 Å². The molecule has 0 bridgehead atoms. The lowest BCUT2D eigenvalue weighted by Gasteiger charge is -2.10. The van der Waals surface area contributed by atoms with Crippen LogP contribution in [-0.4, -0.2) is 27.3 Å². The molecule has 1 rings (SSSR count). The summed E-state index contributed by atoms with van der Waals surface area (Å²) in [6.07, 6.45) is 5.94. The van der Waals surface area contributed by atoms with Gasteiger partial charge in [0.1, 0.15) is 11.5 Å². The smallest absolute Gasteiger partial charge is 0.122 e. The third-order valence-electron chi connectivity index (χ3n) is 3.21. The van der Waals surface area contributed by atoms with E-state index < -0.39 is 0 Å². The predicted molar refractivity (Wildman–Crippen MR) is 80.3 cm³/mol. The molecule has 0 radical (unpaired) electrons. The first-order valence-electron chi connectivity index (χ1n) is 7.23. The van der Waals surface area contributed by atoms with E-state index in [1.54, 1.807) is 14.2 Å². The van der Waals surface area contributed by atoms with Gasteiger partial charge in [0.2, 0.25) is 0 Å². The van der Waals surface area contributed by atoms with E-state index in [1.807, 2.05) is 12.1 Å². The first kappa shape index (κ1) is 15.8. The summed E-state index contributed by atoms with van der Waals surface area (Å²) in [5.74, 6) is 1.87. The van der Waals surface area contributed by atoms with Gasteiger partial charge < -0.3 is 14.8 Å². The number of nitrogens with one attached hydrogen (secondary N) is 1. The molecule has 1 aromatic carbocycles. The maximum absolute atomic E-state index is 5.39. The summed E-state index contributed by atoms with van der Waals surface area (Å²) in [6, 6.07) is 6.00. The van der Waals surface area contributed by atoms with Gasteiger partial charge >= 0.3 is 0 Å². The maximum Gasteiger partial charge on any atom is 0.122 e. The Morgan fingerprint density at radius 1 is 1.00 bits per heavy atom. The van der Waals surface area contributed by atoms with Crippen LogP contribution in [0, 0.1) is 0 Å². The van der Waals surface area contributed by atoms with E-state index >= 15 is 0 Å². The van der Waals surface area contributed by atoms with E-state index in [0.29, 0.717) is 0 Å². The SMILES string of the molecule is CCCNCCCCCc1cc(OC)ccc1OC. The molecule has 0 fully saturated rings. The van der Waals surface area contributed by atoms with Gasteiger partial charge in [-0.15, -0.1) is 0 Å². The molecule has 3 nitrogen and oxygen atoms in total. The van der Waals surface area contributed by atoms with Gasteiger partial charge in [0.15, 0.2) is 0 Å². The van der Waals surface area contributed by atoms with Crippen LogP contribution < -0.4 is 14.8 Å². The summed E-state index contributed by atoms with van der Waals surface area (Å²) in [6.45, 7) is 4.45. The van der Waals surface area contributed by atoms with Crippen LogP contribution in [0.25, 0.3) is 0 Å². The van der Waals surface area contributed by atoms with Gasteiger partial charge in [0, 0.05) is 0 Å². The number of methoxy groups -OCH3 is 2. The van der Waals surface area contributed by atoms with Gasteiger partial charge in [-0.2, -0.15) is 0 Å². The molecule has 0 spiro atoms. The monoisotopic (exact) mass is 265 g/mol. The molecular formula is C16H27NO2. The summed E-state index contributed by atoms with van der Waals surface area (Å²) in [5.41, 5.74) is 1.24. The van der Waals surface area contributed by atoms with Crippen molar-refractivity contribution < 1.29 is 9.47 Å². The third-order valence-corrected chi connectivity index (χ3v) is 3.21. The highest BCUT2D eigenvalue weighted by Crippen LogP contribution is 2.25. The first-order chi connectivity index (χ1) is 9.31. The standard InChI is InChI=1S/C16H27NO2/c1-4-11-17-12-7-5-6-8-14-13-15(18-2)9-10-16(14)19-3/h9-10,13,17H,4-8,11-12H2,1-3H3. The molecule has 0 saturated heterocycles. The molecule has 3 heteroatoms. The summed E-state index contributed by atoms with van der Waals surface area (Å²) in [4.78, 5) is 0. The van der Waals surface area contributed by atoms with Crippen molar-refractivity contribution in [3.63, 3.8) is 0 Å². The minimum absolute atomic E-state index is 0.903. The Morgan fingerprint density at radius 2 is 1.84 bits per heavy atom. The minimum atomic E-state index is 0.903. The molecule has 19 heavy (non-hydrogen) atoms. The van der Waals surface area contributed by atoms with E-state index in [0.717, 1.165) is 31.0 Å². The van der Waals surface area contributed by atoms with Crippen LogP contribution in [0.5, 0.6) is 11.5 Å². The Bertz CT molecular complexity index is 353. The second kappa shape index (κ2) is 9.68. The van der Waals surface area contributed by atoms with Crippen LogP contribution >= 0.6 is 0 Å². The number of hydrogen-bond donors (Lipinski definition) is 1. The Balaban J connectivity index is 2.31. The topological polar surface area (TPSA) is 30.5 Å². The summed E-state index contributed by atoms with van der Waals surface area (Å²) >= 11 is 0. The van der Waals surface area contributed by atoms with Crippen LogP contribution in [0.15, 0.2) is 18.2 Å². The summed E-state index contributed by atoms with van der Waals surface area (Å²) in [5, 5.41) is 3.43. The number of unbranched alkanes of at least 4 members (excludes halogenated alkanes) is 2. The normalized spacial score (nSPS) is 10.5. The van der Waals surface area contributed by atoms with Crippen molar-refractivity contribution in [1.29, 1.82) is 0 Å². The molecule has 0 aliphatic rings. The van der Waals surface area contributed by atoms with Crippen LogP contribution in [0.1, 0.15) is 38.2 Å². The number of benzene rings is 1. The lowest BCUT2D eigenvalue weighted by molar-refractivity contribution is 0.398. The van der Waals surface area contributed by atoms with Gasteiger partial charge in [-0.05, 0) is 62.5 Å². The van der Waals surface area contributed by atoms with Crippen molar-refractivity contribution in [2.75, 3.05) is 27.3 Å². The molecule has 0 aliphatic heterocycles. The highest BCUT2D eigenvalue weighted by atomic mass is 16.5. The highest BCUT2D eigenvalue weighted by Gasteiger charge is 2.04. The lowest BCUT2D eigenvalue weighted by atomic mass is 10.1. The first-order valence-corrected chi connectivity index (χ1v) is 7.23. The van der Waals surface area contributed by atoms with Crippen molar-refractivity contribution in [2.24, 2.45) is 0 Å². The Kier molecular flexibility index (Phi) is 8.07. The van der Waals surface area contributed by atoms with Crippen molar-refractivity contribution in [2.45, 2.75) is 39.0 Å². The van der Waals surface area contributed by atoms with Gasteiger partial charge in [-0.3, -0.25) is 0 Å². The molecular weight excluding hydrogens is 238 g/mol. The minimum Gasteiger partial charge on any atom is -0.497 e. The molecule has 0 atom stereocenters. The largest absolute Gasteiger partial charge is 0.497 e. The third kappa shape index (κ3) is 5.97. The molecule has 0 aliphatic carbocycles. The molecule has 1 N–H and O–H groups in total. The number of hydrogen-bond acceptors (Lipinski definition) is 3. The zero-order chi connectivity index (χ0) is 13.9. The summed E-state index contributed by atoms with van der Waals surface area (Å²) in [7, 11) is 3.42. The fourth-order valence-electron chi connectivity index (χ4n) is 2.12. The van der Waals surface area contributed by atoms with Gasteiger partial charge in [0.05, 0.1) is 14.2 Å². The Labute approximate surface area is 117 Å². The number of aryl methyl sites for hydroxylation is 1. The van der Waals surface area contributed by atoms with Crippen molar-refractivity contribution in [3.05, 3.63) is 23.8 Å². The molecule has 0 heterocycles. The molecule has 0 amide bonds. The lowest BCUT2D eigenvalue weighted by Crippen LogP contribution is -2.15. The van der Waals surface area contributed by atoms with E-state index in [9.17, 15) is 0 Å². The Morgan fingerprint density at radius 3 is 2.53 bits per heavy atom. The molecule has 1 aromatic rings. The van der Waals surface area contributed by atoms with Gasteiger partial charge in [-0.1, -0.05) is 13.3 Å². The quantitative estimate of drug-likeness (QED) is 0.658. The number of rotatable bonds is 10. The van der Waals surface area contributed by atoms with Crippen LogP contribution in [-0.2, 0) is 6.42 Å². The average molecular weight is 265 g/mol. The van der Waals surface area contributed by atoms with Crippen LogP contribution in [0.4, 0.5) is 0 Å². The van der Waals surface area contributed by atoms with E-state index in [4.69, 9.17) is 9.47 Å². The fourth-order valence-corrected chi connectivity index (χ4v) is 2.12. The van der Waals surface area contributed by atoms with Gasteiger partial charge in [-0.25, -0.2) is 0 Å².